The van der Waals surface area contributed by atoms with E-state index in [0.29, 0.717) is 55.2 Å². The van der Waals surface area contributed by atoms with Crippen molar-refractivity contribution in [3.63, 3.8) is 0 Å². The Kier molecular flexibility index (Phi) is 7.89. The number of ether oxygens (including phenoxy) is 1. The number of alkyl halides is 6. The summed E-state index contributed by atoms with van der Waals surface area (Å²) < 4.78 is 86.8. The van der Waals surface area contributed by atoms with E-state index in [1.54, 1.807) is 12.1 Å². The van der Waals surface area contributed by atoms with Crippen LogP contribution in [-0.4, -0.2) is 37.2 Å². The summed E-state index contributed by atoms with van der Waals surface area (Å²) in [5.41, 5.74) is -1.80. The molecule has 226 valence electrons. The molecule has 1 N–H and O–H groups in total. The van der Waals surface area contributed by atoms with E-state index < -0.39 is 40.4 Å². The van der Waals surface area contributed by atoms with E-state index in [1.807, 2.05) is 43.3 Å². The molecular formula is C32H29F6N3O2. The van der Waals surface area contributed by atoms with Crippen molar-refractivity contribution in [3.8, 4) is 11.1 Å². The van der Waals surface area contributed by atoms with Crippen LogP contribution in [0.3, 0.4) is 0 Å². The Morgan fingerprint density at radius 3 is 2.05 bits per heavy atom. The van der Waals surface area contributed by atoms with Crippen molar-refractivity contribution in [3.05, 3.63) is 89.0 Å². The highest BCUT2D eigenvalue weighted by Crippen LogP contribution is 2.41. The van der Waals surface area contributed by atoms with Gasteiger partial charge in [-0.25, -0.2) is 4.98 Å². The molecule has 0 unspecified atom stereocenters. The Labute approximate surface area is 244 Å². The largest absolute Gasteiger partial charge is 0.416 e. The molecule has 0 atom stereocenters. The minimum Gasteiger partial charge on any atom is -0.378 e. The molecule has 0 bridgehead atoms. The number of halogens is 6. The third-order valence-corrected chi connectivity index (χ3v) is 7.73. The number of morpholine rings is 1. The number of hydrogen-bond acceptors (Lipinski definition) is 4. The molecule has 1 aliphatic heterocycles. The topological polar surface area (TPSA) is 54.5 Å². The van der Waals surface area contributed by atoms with Gasteiger partial charge in [0.05, 0.1) is 35.3 Å². The van der Waals surface area contributed by atoms with Gasteiger partial charge in [0.25, 0.3) is 0 Å². The minimum absolute atomic E-state index is 0.0509. The summed E-state index contributed by atoms with van der Waals surface area (Å²) in [6.07, 6.45) is -10.1. The van der Waals surface area contributed by atoms with Gasteiger partial charge in [0.1, 0.15) is 5.82 Å². The van der Waals surface area contributed by atoms with Gasteiger partial charge in [-0.15, -0.1) is 0 Å². The molecule has 3 aromatic carbocycles. The van der Waals surface area contributed by atoms with Crippen LogP contribution in [0.15, 0.2) is 66.7 Å². The highest BCUT2D eigenvalue weighted by molar-refractivity contribution is 6.08. The predicted octanol–water partition coefficient (Wildman–Crippen LogP) is 8.00. The molecule has 5 nitrogen and oxygen atoms in total. The molecule has 1 saturated heterocycles. The fourth-order valence-corrected chi connectivity index (χ4v) is 5.14. The monoisotopic (exact) mass is 601 g/mol. The summed E-state index contributed by atoms with van der Waals surface area (Å²) in [6.45, 7) is 7.05. The number of anilines is 2. The molecule has 0 saturated carbocycles. The smallest absolute Gasteiger partial charge is 0.378 e. The first kappa shape index (κ1) is 30.3. The van der Waals surface area contributed by atoms with Gasteiger partial charge < -0.3 is 15.0 Å². The van der Waals surface area contributed by atoms with Crippen LogP contribution >= 0.6 is 0 Å². The van der Waals surface area contributed by atoms with Gasteiger partial charge in [0.15, 0.2) is 0 Å². The molecule has 1 amide bonds. The molecule has 1 aromatic heterocycles. The highest BCUT2D eigenvalue weighted by atomic mass is 19.4. The molecule has 1 aliphatic rings. The van der Waals surface area contributed by atoms with Crippen LogP contribution in [0.1, 0.15) is 36.1 Å². The van der Waals surface area contributed by atoms with Gasteiger partial charge in [-0.1, -0.05) is 24.3 Å². The van der Waals surface area contributed by atoms with Crippen LogP contribution in [0.5, 0.6) is 0 Å². The van der Waals surface area contributed by atoms with E-state index >= 15 is 0 Å². The zero-order valence-electron chi connectivity index (χ0n) is 23.7. The van der Waals surface area contributed by atoms with Crippen molar-refractivity contribution in [2.75, 3.05) is 36.5 Å². The number of pyridine rings is 1. The normalized spacial score (nSPS) is 14.7. The Morgan fingerprint density at radius 2 is 1.44 bits per heavy atom. The molecule has 4 aromatic rings. The SMILES string of the molecule is Cc1ccccc1-c1c(NC(=O)C(C)(C)c2cc(C(F)(F)F)cc(C(F)(F)F)c2)ccc2nc(N3CCOCC3)ccc12. The van der Waals surface area contributed by atoms with E-state index in [-0.39, 0.29) is 6.07 Å². The Balaban J connectivity index is 1.59. The van der Waals surface area contributed by atoms with E-state index in [0.717, 1.165) is 22.3 Å². The molecular weight excluding hydrogens is 572 g/mol. The molecule has 1 fully saturated rings. The number of fused-ring (bicyclic) bond motifs is 1. The summed E-state index contributed by atoms with van der Waals surface area (Å²) >= 11 is 0. The van der Waals surface area contributed by atoms with Crippen molar-refractivity contribution in [1.29, 1.82) is 0 Å². The van der Waals surface area contributed by atoms with Crippen LogP contribution in [0, 0.1) is 6.92 Å². The number of amides is 1. The van der Waals surface area contributed by atoms with E-state index in [1.165, 1.54) is 13.8 Å². The first-order chi connectivity index (χ1) is 20.2. The van der Waals surface area contributed by atoms with Crippen LogP contribution in [-0.2, 0) is 27.3 Å². The number of hydrogen-bond donors (Lipinski definition) is 1. The Morgan fingerprint density at radius 1 is 0.837 bits per heavy atom. The summed E-state index contributed by atoms with van der Waals surface area (Å²) in [7, 11) is 0. The maximum absolute atomic E-state index is 13.7. The van der Waals surface area contributed by atoms with Crippen LogP contribution in [0.25, 0.3) is 22.0 Å². The van der Waals surface area contributed by atoms with Crippen molar-refractivity contribution in [2.45, 2.75) is 38.5 Å². The fourth-order valence-electron chi connectivity index (χ4n) is 5.14. The Hall–Kier alpha value is -4.12. The lowest BCUT2D eigenvalue weighted by Crippen LogP contribution is -2.36. The second-order valence-electron chi connectivity index (χ2n) is 11.0. The molecule has 0 spiro atoms. The first-order valence-corrected chi connectivity index (χ1v) is 13.6. The minimum atomic E-state index is -5.04. The van der Waals surface area contributed by atoms with Crippen molar-refractivity contribution < 1.29 is 35.9 Å². The zero-order valence-corrected chi connectivity index (χ0v) is 23.7. The number of nitrogens with one attached hydrogen (secondary N) is 1. The third-order valence-electron chi connectivity index (χ3n) is 7.73. The van der Waals surface area contributed by atoms with Gasteiger partial charge in [0.2, 0.25) is 5.91 Å². The molecule has 0 aliphatic carbocycles. The molecule has 5 rings (SSSR count). The van der Waals surface area contributed by atoms with Gasteiger partial charge in [-0.05, 0) is 79.9 Å². The third kappa shape index (κ3) is 6.17. The number of carbonyl (C=O) groups excluding carboxylic acids is 1. The maximum Gasteiger partial charge on any atom is 0.416 e. The second-order valence-corrected chi connectivity index (χ2v) is 11.0. The lowest BCUT2D eigenvalue weighted by molar-refractivity contribution is -0.143. The number of nitrogens with zero attached hydrogens (tertiary/aromatic N) is 2. The lowest BCUT2D eigenvalue weighted by atomic mass is 9.81. The average Bonchev–Trinajstić information content (AvgIpc) is 2.96. The number of benzene rings is 3. The summed E-state index contributed by atoms with van der Waals surface area (Å²) in [4.78, 5) is 20.7. The summed E-state index contributed by atoms with van der Waals surface area (Å²) in [6, 6.07) is 15.9. The summed E-state index contributed by atoms with van der Waals surface area (Å²) in [5.74, 6) is 0.00139. The van der Waals surface area contributed by atoms with E-state index in [2.05, 4.69) is 10.2 Å². The average molecular weight is 602 g/mol. The van der Waals surface area contributed by atoms with Crippen molar-refractivity contribution in [2.24, 2.45) is 0 Å². The van der Waals surface area contributed by atoms with Crippen molar-refractivity contribution in [1.82, 2.24) is 4.98 Å². The van der Waals surface area contributed by atoms with Crippen LogP contribution in [0.4, 0.5) is 37.8 Å². The van der Waals surface area contributed by atoms with Gasteiger partial charge in [-0.2, -0.15) is 26.3 Å². The van der Waals surface area contributed by atoms with Crippen LogP contribution in [0.2, 0.25) is 0 Å². The Bertz CT molecular complexity index is 1640. The molecule has 2 heterocycles. The van der Waals surface area contributed by atoms with Crippen LogP contribution < -0.4 is 10.2 Å². The number of carbonyl (C=O) groups is 1. The van der Waals surface area contributed by atoms with Gasteiger partial charge >= 0.3 is 12.4 Å². The number of aryl methyl sites for hydroxylation is 1. The fraction of sp³-hybridized carbons (Fsp3) is 0.312. The highest BCUT2D eigenvalue weighted by Gasteiger charge is 2.40. The quantitative estimate of drug-likeness (QED) is 0.236. The van der Waals surface area contributed by atoms with Crippen molar-refractivity contribution >= 4 is 28.3 Å². The number of rotatable bonds is 5. The second kappa shape index (κ2) is 11.2. The standard InChI is InChI=1S/C32H29F6N3O2/c1-19-6-4-5-7-23(19)28-24-8-11-27(41-12-14-43-15-13-41)39-25(24)9-10-26(28)40-29(42)30(2,3)20-16-21(31(33,34)35)18-22(17-20)32(36,37)38/h4-11,16-18H,12-15H2,1-3H3,(H,40,42). The molecule has 43 heavy (non-hydrogen) atoms. The van der Waals surface area contributed by atoms with E-state index in [9.17, 15) is 31.1 Å². The maximum atomic E-state index is 13.7. The summed E-state index contributed by atoms with van der Waals surface area (Å²) in [5, 5.41) is 3.53. The number of aromatic nitrogens is 1. The molecule has 11 heteroatoms. The lowest BCUT2D eigenvalue weighted by Gasteiger charge is -2.28. The first-order valence-electron chi connectivity index (χ1n) is 13.6. The zero-order chi connectivity index (χ0) is 31.2. The predicted molar refractivity (Wildman–Crippen MR) is 153 cm³/mol. The van der Waals surface area contributed by atoms with Gasteiger partial charge in [-0.3, -0.25) is 4.79 Å². The van der Waals surface area contributed by atoms with E-state index in [4.69, 9.17) is 9.72 Å². The van der Waals surface area contributed by atoms with Gasteiger partial charge in [0, 0.05) is 29.7 Å². The molecule has 0 radical (unpaired) electrons.